The molecular formula is C18H14BO2. The van der Waals surface area contributed by atoms with Crippen LogP contribution in [0.25, 0.3) is 22.3 Å². The van der Waals surface area contributed by atoms with Crippen molar-refractivity contribution in [2.75, 3.05) is 0 Å². The number of rotatable bonds is 4. The van der Waals surface area contributed by atoms with Gasteiger partial charge in [0, 0.05) is 0 Å². The molecule has 0 aliphatic heterocycles. The fourth-order valence-electron chi connectivity index (χ4n) is 2.32. The highest BCUT2D eigenvalue weighted by molar-refractivity contribution is 6.17. The van der Waals surface area contributed by atoms with Crippen LogP contribution in [0.2, 0.25) is 0 Å². The third-order valence-electron chi connectivity index (χ3n) is 3.33. The maximum atomic E-state index is 8.73. The smallest absolute Gasteiger partial charge is 0.537 e. The molecule has 3 aromatic carbocycles. The molecule has 0 aromatic heterocycles. The molecule has 0 amide bonds. The molecule has 0 saturated heterocycles. The van der Waals surface area contributed by atoms with Crippen molar-refractivity contribution in [3.05, 3.63) is 78.9 Å². The van der Waals surface area contributed by atoms with Gasteiger partial charge in [0.15, 0.2) is 0 Å². The standard InChI is InChI=1S/C18H14BO2/c20-19-21-18-11-5-10-17(13-18)16-9-4-8-15(12-16)14-6-2-1-3-7-14/h1-13,20H. The Bertz CT molecular complexity index is 726. The van der Waals surface area contributed by atoms with Crippen LogP contribution in [0.3, 0.4) is 0 Å². The molecule has 1 N–H and O–H groups in total. The van der Waals surface area contributed by atoms with Crippen LogP contribution in [0.15, 0.2) is 78.9 Å². The first-order valence-electron chi connectivity index (χ1n) is 6.75. The average Bonchev–Trinajstić information content (AvgIpc) is 2.56. The third-order valence-corrected chi connectivity index (χ3v) is 3.33. The summed E-state index contributed by atoms with van der Waals surface area (Å²) >= 11 is 0. The van der Waals surface area contributed by atoms with Crippen LogP contribution in [0, 0.1) is 0 Å². The molecule has 0 atom stereocenters. The number of benzene rings is 3. The normalized spacial score (nSPS) is 10.1. The largest absolute Gasteiger partial charge is 0.569 e. The maximum Gasteiger partial charge on any atom is 0.569 e. The van der Waals surface area contributed by atoms with Crippen molar-refractivity contribution in [2.24, 2.45) is 0 Å². The second-order valence-electron chi connectivity index (χ2n) is 4.70. The minimum atomic E-state index is 0.611. The molecule has 0 heterocycles. The van der Waals surface area contributed by atoms with E-state index in [0.29, 0.717) is 13.4 Å². The van der Waals surface area contributed by atoms with Gasteiger partial charge in [0.2, 0.25) is 0 Å². The van der Waals surface area contributed by atoms with Crippen LogP contribution in [-0.4, -0.2) is 12.7 Å². The lowest BCUT2D eigenvalue weighted by molar-refractivity contribution is 0.454. The van der Waals surface area contributed by atoms with Crippen molar-refractivity contribution >= 4 is 7.69 Å². The Morgan fingerprint density at radius 2 is 1.19 bits per heavy atom. The molecule has 1 radical (unpaired) electrons. The molecule has 0 fully saturated rings. The first-order valence-corrected chi connectivity index (χ1v) is 6.75. The zero-order chi connectivity index (χ0) is 14.5. The minimum Gasteiger partial charge on any atom is -0.537 e. The van der Waals surface area contributed by atoms with E-state index < -0.39 is 0 Å². The Hall–Kier alpha value is -2.52. The van der Waals surface area contributed by atoms with Gasteiger partial charge in [0.05, 0.1) is 0 Å². The van der Waals surface area contributed by atoms with Crippen molar-refractivity contribution in [1.82, 2.24) is 0 Å². The predicted octanol–water partition coefficient (Wildman–Crippen LogP) is 3.93. The molecule has 0 saturated carbocycles. The quantitative estimate of drug-likeness (QED) is 0.730. The molecule has 0 unspecified atom stereocenters. The summed E-state index contributed by atoms with van der Waals surface area (Å²) < 4.78 is 5.01. The molecule has 3 heteroatoms. The van der Waals surface area contributed by atoms with Gasteiger partial charge in [-0.1, -0.05) is 60.7 Å². The van der Waals surface area contributed by atoms with Crippen molar-refractivity contribution < 1.29 is 9.68 Å². The summed E-state index contributed by atoms with van der Waals surface area (Å²) in [4.78, 5) is 0. The van der Waals surface area contributed by atoms with Gasteiger partial charge < -0.3 is 9.68 Å². The molecule has 21 heavy (non-hydrogen) atoms. The van der Waals surface area contributed by atoms with E-state index in [2.05, 4.69) is 30.3 Å². The van der Waals surface area contributed by atoms with Crippen molar-refractivity contribution in [2.45, 2.75) is 0 Å². The van der Waals surface area contributed by atoms with Crippen LogP contribution >= 0.6 is 0 Å². The highest BCUT2D eigenvalue weighted by Crippen LogP contribution is 2.28. The van der Waals surface area contributed by atoms with E-state index in [-0.39, 0.29) is 0 Å². The lowest BCUT2D eigenvalue weighted by Gasteiger charge is -2.08. The topological polar surface area (TPSA) is 29.5 Å². The van der Waals surface area contributed by atoms with Crippen LogP contribution in [0.4, 0.5) is 0 Å². The van der Waals surface area contributed by atoms with Crippen molar-refractivity contribution in [3.63, 3.8) is 0 Å². The van der Waals surface area contributed by atoms with E-state index >= 15 is 0 Å². The summed E-state index contributed by atoms with van der Waals surface area (Å²) in [7, 11) is 0.694. The Labute approximate surface area is 125 Å². The molecule has 101 valence electrons. The summed E-state index contributed by atoms with van der Waals surface area (Å²) in [5.74, 6) is 0.611. The van der Waals surface area contributed by atoms with Crippen LogP contribution in [0.1, 0.15) is 0 Å². The van der Waals surface area contributed by atoms with Gasteiger partial charge in [-0.15, -0.1) is 0 Å². The van der Waals surface area contributed by atoms with Gasteiger partial charge in [0.1, 0.15) is 5.75 Å². The van der Waals surface area contributed by atoms with E-state index in [9.17, 15) is 0 Å². The molecule has 2 nitrogen and oxygen atoms in total. The lowest BCUT2D eigenvalue weighted by atomic mass is 9.99. The Kier molecular flexibility index (Phi) is 4.03. The number of hydrogen-bond donors (Lipinski definition) is 1. The van der Waals surface area contributed by atoms with Gasteiger partial charge in [0.25, 0.3) is 0 Å². The van der Waals surface area contributed by atoms with Gasteiger partial charge >= 0.3 is 7.69 Å². The summed E-state index contributed by atoms with van der Waals surface area (Å²) in [5, 5.41) is 8.73. The zero-order valence-corrected chi connectivity index (χ0v) is 11.4. The van der Waals surface area contributed by atoms with Crippen molar-refractivity contribution in [3.8, 4) is 28.0 Å². The van der Waals surface area contributed by atoms with Crippen molar-refractivity contribution in [1.29, 1.82) is 0 Å². The highest BCUT2D eigenvalue weighted by Gasteiger charge is 2.03. The molecule has 0 bridgehead atoms. The molecule has 3 rings (SSSR count). The van der Waals surface area contributed by atoms with E-state index in [1.165, 1.54) is 11.1 Å². The maximum absolute atomic E-state index is 8.73. The zero-order valence-electron chi connectivity index (χ0n) is 11.4. The Morgan fingerprint density at radius 1 is 0.619 bits per heavy atom. The van der Waals surface area contributed by atoms with E-state index in [4.69, 9.17) is 9.68 Å². The average molecular weight is 273 g/mol. The van der Waals surface area contributed by atoms with E-state index in [1.54, 1.807) is 6.07 Å². The summed E-state index contributed by atoms with van der Waals surface area (Å²) in [5.41, 5.74) is 4.52. The Balaban J connectivity index is 1.98. The van der Waals surface area contributed by atoms with Gasteiger partial charge in [-0.3, -0.25) is 0 Å². The van der Waals surface area contributed by atoms with Crippen LogP contribution < -0.4 is 4.65 Å². The summed E-state index contributed by atoms with van der Waals surface area (Å²) in [6.07, 6.45) is 0. The predicted molar refractivity (Wildman–Crippen MR) is 85.9 cm³/mol. The molecule has 0 aliphatic rings. The van der Waals surface area contributed by atoms with Crippen LogP contribution in [0.5, 0.6) is 5.75 Å². The summed E-state index contributed by atoms with van der Waals surface area (Å²) in [6.45, 7) is 0. The van der Waals surface area contributed by atoms with Crippen LogP contribution in [-0.2, 0) is 0 Å². The molecule has 3 aromatic rings. The second kappa shape index (κ2) is 6.29. The second-order valence-corrected chi connectivity index (χ2v) is 4.70. The lowest BCUT2D eigenvalue weighted by Crippen LogP contribution is -1.99. The van der Waals surface area contributed by atoms with Gasteiger partial charge in [-0.25, -0.2) is 0 Å². The SMILES string of the molecule is O[B]Oc1cccc(-c2cccc(-c3ccccc3)c2)c1. The minimum absolute atomic E-state index is 0.611. The fraction of sp³-hybridized carbons (Fsp3) is 0. The van der Waals surface area contributed by atoms with Gasteiger partial charge in [-0.05, 0) is 40.5 Å². The monoisotopic (exact) mass is 273 g/mol. The molecule has 0 spiro atoms. The number of hydrogen-bond acceptors (Lipinski definition) is 2. The molecule has 0 aliphatic carbocycles. The third kappa shape index (κ3) is 3.15. The first-order chi connectivity index (χ1) is 10.4. The van der Waals surface area contributed by atoms with E-state index in [1.807, 2.05) is 42.5 Å². The first kappa shape index (κ1) is 13.5. The Morgan fingerprint density at radius 3 is 1.90 bits per heavy atom. The van der Waals surface area contributed by atoms with E-state index in [0.717, 1.165) is 11.1 Å². The van der Waals surface area contributed by atoms with Gasteiger partial charge in [-0.2, -0.15) is 0 Å². The summed E-state index contributed by atoms with van der Waals surface area (Å²) in [6, 6.07) is 26.3. The fourth-order valence-corrected chi connectivity index (χ4v) is 2.32. The molecular weight excluding hydrogens is 259 g/mol. The highest BCUT2D eigenvalue weighted by atomic mass is 16.5.